The summed E-state index contributed by atoms with van der Waals surface area (Å²) in [5.41, 5.74) is 0.607. The fourth-order valence-corrected chi connectivity index (χ4v) is 1.06. The average Bonchev–Trinajstić information content (AvgIpc) is 2.19. The van der Waals surface area contributed by atoms with Crippen LogP contribution < -0.4 is 0 Å². The number of hydrogen-bond donors (Lipinski definition) is 0. The van der Waals surface area contributed by atoms with Gasteiger partial charge in [-0.25, -0.2) is 8.78 Å². The van der Waals surface area contributed by atoms with Crippen molar-refractivity contribution >= 4 is 11.6 Å². The SMILES string of the molecule is FC(F)c1cccc(C#CCCCl)c1. The van der Waals surface area contributed by atoms with Crippen molar-refractivity contribution in [2.24, 2.45) is 0 Å². The molecular formula is C11H9ClF2. The summed E-state index contributed by atoms with van der Waals surface area (Å²) in [5.74, 6) is 6.02. The van der Waals surface area contributed by atoms with Gasteiger partial charge in [-0.15, -0.1) is 11.6 Å². The molecule has 0 aliphatic heterocycles. The van der Waals surface area contributed by atoms with Gasteiger partial charge in [0, 0.05) is 23.4 Å². The van der Waals surface area contributed by atoms with Crippen LogP contribution in [0.25, 0.3) is 0 Å². The largest absolute Gasteiger partial charge is 0.263 e. The Morgan fingerprint density at radius 2 is 2.14 bits per heavy atom. The summed E-state index contributed by atoms with van der Waals surface area (Å²) in [6.07, 6.45) is -1.87. The molecule has 0 unspecified atom stereocenters. The molecule has 3 heteroatoms. The summed E-state index contributed by atoms with van der Waals surface area (Å²) in [4.78, 5) is 0. The van der Waals surface area contributed by atoms with Crippen molar-refractivity contribution in [2.75, 3.05) is 5.88 Å². The lowest BCUT2D eigenvalue weighted by molar-refractivity contribution is 0.151. The highest BCUT2D eigenvalue weighted by Gasteiger charge is 2.05. The molecule has 0 heterocycles. The Kier molecular flexibility index (Phi) is 4.42. The Bertz CT molecular complexity index is 350. The minimum Gasteiger partial charge on any atom is -0.205 e. The smallest absolute Gasteiger partial charge is 0.205 e. The minimum atomic E-state index is -2.44. The van der Waals surface area contributed by atoms with E-state index < -0.39 is 6.43 Å². The standard InChI is InChI=1S/C11H9ClF2/c12-7-2-1-4-9-5-3-6-10(8-9)11(13)14/h3,5-6,8,11H,2,7H2. The second-order valence-corrected chi connectivity index (χ2v) is 3.04. The van der Waals surface area contributed by atoms with E-state index >= 15 is 0 Å². The van der Waals surface area contributed by atoms with E-state index in [2.05, 4.69) is 11.8 Å². The summed E-state index contributed by atoms with van der Waals surface area (Å²) in [7, 11) is 0. The molecule has 0 aromatic heterocycles. The summed E-state index contributed by atoms with van der Waals surface area (Å²) in [5, 5.41) is 0. The van der Waals surface area contributed by atoms with E-state index in [9.17, 15) is 8.78 Å². The Morgan fingerprint density at radius 3 is 2.79 bits per heavy atom. The topological polar surface area (TPSA) is 0 Å². The van der Waals surface area contributed by atoms with Crippen LogP contribution in [0.2, 0.25) is 0 Å². The van der Waals surface area contributed by atoms with E-state index in [0.717, 1.165) is 0 Å². The first-order chi connectivity index (χ1) is 6.74. The molecule has 0 N–H and O–H groups in total. The van der Waals surface area contributed by atoms with Gasteiger partial charge >= 0.3 is 0 Å². The molecule has 0 radical (unpaired) electrons. The van der Waals surface area contributed by atoms with Gasteiger partial charge in [-0.1, -0.05) is 24.0 Å². The second-order valence-electron chi connectivity index (χ2n) is 2.67. The Balaban J connectivity index is 2.80. The zero-order valence-electron chi connectivity index (χ0n) is 7.43. The molecule has 0 atom stereocenters. The number of rotatable bonds is 2. The van der Waals surface area contributed by atoms with Crippen molar-refractivity contribution in [2.45, 2.75) is 12.8 Å². The molecule has 1 rings (SSSR count). The van der Waals surface area contributed by atoms with Crippen molar-refractivity contribution in [3.63, 3.8) is 0 Å². The van der Waals surface area contributed by atoms with Crippen LogP contribution in [-0.2, 0) is 0 Å². The Morgan fingerprint density at radius 1 is 1.36 bits per heavy atom. The molecule has 0 aliphatic carbocycles. The predicted molar refractivity (Wildman–Crippen MR) is 53.6 cm³/mol. The molecular weight excluding hydrogens is 206 g/mol. The van der Waals surface area contributed by atoms with Gasteiger partial charge in [-0.05, 0) is 12.1 Å². The van der Waals surface area contributed by atoms with E-state index in [-0.39, 0.29) is 5.56 Å². The fourth-order valence-electron chi connectivity index (χ4n) is 0.964. The number of hydrogen-bond acceptors (Lipinski definition) is 0. The third-order valence-corrected chi connectivity index (χ3v) is 1.78. The van der Waals surface area contributed by atoms with Crippen molar-refractivity contribution in [1.29, 1.82) is 0 Å². The van der Waals surface area contributed by atoms with Gasteiger partial charge in [-0.2, -0.15) is 0 Å². The van der Waals surface area contributed by atoms with Gasteiger partial charge in [0.1, 0.15) is 0 Å². The predicted octanol–water partition coefficient (Wildman–Crippen LogP) is 3.60. The molecule has 0 amide bonds. The summed E-state index contributed by atoms with van der Waals surface area (Å²) >= 11 is 5.43. The van der Waals surface area contributed by atoms with Crippen LogP contribution in [0.15, 0.2) is 24.3 Å². The van der Waals surface area contributed by atoms with Crippen molar-refractivity contribution < 1.29 is 8.78 Å². The first kappa shape index (κ1) is 11.0. The first-order valence-electron chi connectivity index (χ1n) is 4.17. The lowest BCUT2D eigenvalue weighted by Crippen LogP contribution is -1.84. The lowest BCUT2D eigenvalue weighted by Gasteiger charge is -1.98. The van der Waals surface area contributed by atoms with Crippen LogP contribution in [0, 0.1) is 11.8 Å². The molecule has 14 heavy (non-hydrogen) atoms. The highest BCUT2D eigenvalue weighted by atomic mass is 35.5. The molecule has 0 spiro atoms. The van der Waals surface area contributed by atoms with Crippen molar-refractivity contribution in [1.82, 2.24) is 0 Å². The molecule has 0 saturated heterocycles. The molecule has 1 aromatic rings. The van der Waals surface area contributed by atoms with E-state index in [4.69, 9.17) is 11.6 Å². The maximum Gasteiger partial charge on any atom is 0.263 e. The third-order valence-electron chi connectivity index (χ3n) is 1.59. The van der Waals surface area contributed by atoms with E-state index in [1.165, 1.54) is 12.1 Å². The highest BCUT2D eigenvalue weighted by molar-refractivity contribution is 6.18. The van der Waals surface area contributed by atoms with Crippen molar-refractivity contribution in [3.8, 4) is 11.8 Å². The molecule has 0 fully saturated rings. The highest BCUT2D eigenvalue weighted by Crippen LogP contribution is 2.18. The van der Waals surface area contributed by atoms with Gasteiger partial charge in [0.2, 0.25) is 0 Å². The quantitative estimate of drug-likeness (QED) is 0.521. The van der Waals surface area contributed by atoms with Crippen LogP contribution >= 0.6 is 11.6 Å². The molecule has 0 bridgehead atoms. The average molecular weight is 215 g/mol. The summed E-state index contributed by atoms with van der Waals surface area (Å²) < 4.78 is 24.5. The Labute approximate surface area is 86.9 Å². The molecule has 1 aromatic carbocycles. The zero-order chi connectivity index (χ0) is 10.4. The van der Waals surface area contributed by atoms with Crippen LogP contribution in [0.3, 0.4) is 0 Å². The zero-order valence-corrected chi connectivity index (χ0v) is 8.19. The lowest BCUT2D eigenvalue weighted by atomic mass is 10.1. The van der Waals surface area contributed by atoms with Crippen LogP contribution in [0.4, 0.5) is 8.78 Å². The van der Waals surface area contributed by atoms with E-state index in [1.54, 1.807) is 12.1 Å². The molecule has 0 saturated carbocycles. The van der Waals surface area contributed by atoms with Crippen molar-refractivity contribution in [3.05, 3.63) is 35.4 Å². The summed E-state index contributed by atoms with van der Waals surface area (Å²) in [6, 6.07) is 6.06. The van der Waals surface area contributed by atoms with Gasteiger partial charge in [0.25, 0.3) is 6.43 Å². The Hall–Kier alpha value is -1.07. The number of alkyl halides is 3. The number of halogens is 3. The molecule has 74 valence electrons. The molecule has 0 aliphatic rings. The fraction of sp³-hybridized carbons (Fsp3) is 0.273. The number of benzene rings is 1. The van der Waals surface area contributed by atoms with E-state index in [1.807, 2.05) is 0 Å². The van der Waals surface area contributed by atoms with Gasteiger partial charge < -0.3 is 0 Å². The first-order valence-corrected chi connectivity index (χ1v) is 4.70. The van der Waals surface area contributed by atoms with Crippen LogP contribution in [0.1, 0.15) is 24.0 Å². The normalized spacial score (nSPS) is 9.71. The van der Waals surface area contributed by atoms with Gasteiger partial charge in [-0.3, -0.25) is 0 Å². The van der Waals surface area contributed by atoms with Gasteiger partial charge in [0.05, 0.1) is 0 Å². The summed E-state index contributed by atoms with van der Waals surface area (Å²) in [6.45, 7) is 0. The third kappa shape index (κ3) is 3.35. The minimum absolute atomic E-state index is 0.00248. The van der Waals surface area contributed by atoms with E-state index in [0.29, 0.717) is 17.9 Å². The maximum absolute atomic E-state index is 12.3. The second kappa shape index (κ2) is 5.62. The molecule has 0 nitrogen and oxygen atoms in total. The maximum atomic E-state index is 12.3. The van der Waals surface area contributed by atoms with Crippen LogP contribution in [0.5, 0.6) is 0 Å². The van der Waals surface area contributed by atoms with Gasteiger partial charge in [0.15, 0.2) is 0 Å². The van der Waals surface area contributed by atoms with Crippen LogP contribution in [-0.4, -0.2) is 5.88 Å². The monoisotopic (exact) mass is 214 g/mol.